The zero-order valence-corrected chi connectivity index (χ0v) is 13.0. The molecule has 0 saturated heterocycles. The van der Waals surface area contributed by atoms with Crippen molar-refractivity contribution in [2.75, 3.05) is 7.11 Å². The summed E-state index contributed by atoms with van der Waals surface area (Å²) >= 11 is 0. The summed E-state index contributed by atoms with van der Waals surface area (Å²) in [5, 5.41) is 8.08. The second-order valence-electron chi connectivity index (χ2n) is 5.88. The summed E-state index contributed by atoms with van der Waals surface area (Å²) in [7, 11) is 1.72. The monoisotopic (exact) mass is 285 g/mol. The number of hydrogen-bond donors (Lipinski definition) is 1. The highest BCUT2D eigenvalue weighted by Crippen LogP contribution is 2.22. The van der Waals surface area contributed by atoms with Gasteiger partial charge in [-0.25, -0.2) is 0 Å². The van der Waals surface area contributed by atoms with E-state index >= 15 is 0 Å². The summed E-state index contributed by atoms with van der Waals surface area (Å²) in [6, 6.07) is 6.99. The second-order valence-corrected chi connectivity index (χ2v) is 5.88. The molecule has 4 nitrogen and oxygen atoms in total. The number of nitrogens with one attached hydrogen (secondary N) is 1. The summed E-state index contributed by atoms with van der Waals surface area (Å²) in [6.07, 6.45) is 4.61. The van der Waals surface area contributed by atoms with Crippen LogP contribution >= 0.6 is 0 Å². The Kier molecular flexibility index (Phi) is 3.97. The topological polar surface area (TPSA) is 39.1 Å². The number of benzene rings is 1. The van der Waals surface area contributed by atoms with Crippen molar-refractivity contribution in [3.05, 3.63) is 46.8 Å². The van der Waals surface area contributed by atoms with Gasteiger partial charge in [-0.3, -0.25) is 4.68 Å². The van der Waals surface area contributed by atoms with Gasteiger partial charge in [-0.2, -0.15) is 5.10 Å². The SMILES string of the molecule is COc1ccc(C)cc1Cn1ncc(CNC2CC2)c1C. The van der Waals surface area contributed by atoms with E-state index in [1.165, 1.54) is 35.2 Å². The lowest BCUT2D eigenvalue weighted by Gasteiger charge is -2.11. The van der Waals surface area contributed by atoms with E-state index in [4.69, 9.17) is 4.74 Å². The molecule has 112 valence electrons. The van der Waals surface area contributed by atoms with Crippen LogP contribution in [-0.4, -0.2) is 22.9 Å². The molecule has 1 fully saturated rings. The lowest BCUT2D eigenvalue weighted by molar-refractivity contribution is 0.407. The van der Waals surface area contributed by atoms with E-state index in [0.717, 1.165) is 24.9 Å². The number of aromatic nitrogens is 2. The van der Waals surface area contributed by atoms with Crippen molar-refractivity contribution in [1.29, 1.82) is 0 Å². The molecule has 0 atom stereocenters. The summed E-state index contributed by atoms with van der Waals surface area (Å²) in [4.78, 5) is 0. The van der Waals surface area contributed by atoms with Crippen LogP contribution in [0, 0.1) is 13.8 Å². The van der Waals surface area contributed by atoms with Crippen molar-refractivity contribution >= 4 is 0 Å². The van der Waals surface area contributed by atoms with E-state index in [2.05, 4.69) is 41.1 Å². The number of ether oxygens (including phenoxy) is 1. The molecular weight excluding hydrogens is 262 g/mol. The van der Waals surface area contributed by atoms with E-state index in [-0.39, 0.29) is 0 Å². The fourth-order valence-corrected chi connectivity index (χ4v) is 2.55. The molecule has 1 aromatic carbocycles. The van der Waals surface area contributed by atoms with Crippen molar-refractivity contribution in [1.82, 2.24) is 15.1 Å². The third-order valence-corrected chi connectivity index (χ3v) is 4.12. The van der Waals surface area contributed by atoms with E-state index in [1.54, 1.807) is 7.11 Å². The van der Waals surface area contributed by atoms with Crippen LogP contribution in [0.4, 0.5) is 0 Å². The van der Waals surface area contributed by atoms with Crippen LogP contribution in [0.1, 0.15) is 35.2 Å². The fourth-order valence-electron chi connectivity index (χ4n) is 2.55. The first-order valence-corrected chi connectivity index (χ1v) is 7.55. The molecule has 1 aromatic heterocycles. The molecule has 1 aliphatic carbocycles. The molecule has 0 amide bonds. The van der Waals surface area contributed by atoms with Crippen LogP contribution in [0.2, 0.25) is 0 Å². The molecule has 1 heterocycles. The van der Waals surface area contributed by atoms with Crippen LogP contribution in [0.3, 0.4) is 0 Å². The molecule has 3 rings (SSSR count). The molecule has 2 aromatic rings. The van der Waals surface area contributed by atoms with Gasteiger partial charge >= 0.3 is 0 Å². The Morgan fingerprint density at radius 1 is 1.29 bits per heavy atom. The van der Waals surface area contributed by atoms with Crippen LogP contribution in [0.15, 0.2) is 24.4 Å². The average Bonchev–Trinajstić information content (AvgIpc) is 3.24. The molecule has 21 heavy (non-hydrogen) atoms. The Morgan fingerprint density at radius 3 is 2.81 bits per heavy atom. The Balaban J connectivity index is 1.76. The third kappa shape index (κ3) is 3.27. The van der Waals surface area contributed by atoms with Crippen molar-refractivity contribution in [2.45, 2.75) is 45.8 Å². The third-order valence-electron chi connectivity index (χ3n) is 4.12. The van der Waals surface area contributed by atoms with Crippen LogP contribution in [0.5, 0.6) is 5.75 Å². The minimum Gasteiger partial charge on any atom is -0.496 e. The van der Waals surface area contributed by atoms with Crippen LogP contribution < -0.4 is 10.1 Å². The molecule has 1 saturated carbocycles. The summed E-state index contributed by atoms with van der Waals surface area (Å²) in [6.45, 7) is 5.91. The van der Waals surface area contributed by atoms with Gasteiger partial charge in [0, 0.05) is 29.4 Å². The van der Waals surface area contributed by atoms with Crippen molar-refractivity contribution < 1.29 is 4.74 Å². The van der Waals surface area contributed by atoms with Gasteiger partial charge < -0.3 is 10.1 Å². The van der Waals surface area contributed by atoms with Gasteiger partial charge in [0.2, 0.25) is 0 Å². The van der Waals surface area contributed by atoms with Gasteiger partial charge in [-0.1, -0.05) is 17.7 Å². The van der Waals surface area contributed by atoms with Crippen molar-refractivity contribution in [3.8, 4) is 5.75 Å². The van der Waals surface area contributed by atoms with E-state index < -0.39 is 0 Å². The largest absolute Gasteiger partial charge is 0.496 e. The second kappa shape index (κ2) is 5.90. The molecule has 1 N–H and O–H groups in total. The maximum Gasteiger partial charge on any atom is 0.123 e. The Morgan fingerprint density at radius 2 is 2.10 bits per heavy atom. The van der Waals surface area contributed by atoms with Gasteiger partial charge in [0.15, 0.2) is 0 Å². The zero-order valence-electron chi connectivity index (χ0n) is 13.0. The van der Waals surface area contributed by atoms with Crippen molar-refractivity contribution in [3.63, 3.8) is 0 Å². The van der Waals surface area contributed by atoms with E-state index in [1.807, 2.05) is 12.3 Å². The molecule has 0 spiro atoms. The van der Waals surface area contributed by atoms with Crippen molar-refractivity contribution in [2.24, 2.45) is 0 Å². The van der Waals surface area contributed by atoms with Gasteiger partial charge in [0.25, 0.3) is 0 Å². The number of methoxy groups -OCH3 is 1. The first-order valence-electron chi connectivity index (χ1n) is 7.55. The van der Waals surface area contributed by atoms with Gasteiger partial charge in [-0.05, 0) is 32.8 Å². The minimum absolute atomic E-state index is 0.726. The maximum atomic E-state index is 5.45. The van der Waals surface area contributed by atoms with E-state index in [9.17, 15) is 0 Å². The number of rotatable bonds is 6. The summed E-state index contributed by atoms with van der Waals surface area (Å²) in [5.74, 6) is 0.924. The zero-order chi connectivity index (χ0) is 14.8. The molecule has 4 heteroatoms. The van der Waals surface area contributed by atoms with Crippen LogP contribution in [0.25, 0.3) is 0 Å². The first-order chi connectivity index (χ1) is 10.2. The molecule has 1 aliphatic rings. The highest BCUT2D eigenvalue weighted by atomic mass is 16.5. The predicted octanol–water partition coefficient (Wildman–Crippen LogP) is 2.81. The molecular formula is C17H23N3O. The first kappa shape index (κ1) is 14.1. The minimum atomic E-state index is 0.726. The normalized spacial score (nSPS) is 14.4. The highest BCUT2D eigenvalue weighted by molar-refractivity contribution is 5.37. The summed E-state index contributed by atoms with van der Waals surface area (Å²) in [5.41, 5.74) is 4.93. The molecule has 0 unspecified atom stereocenters. The lowest BCUT2D eigenvalue weighted by Crippen LogP contribution is -2.16. The highest BCUT2D eigenvalue weighted by Gasteiger charge is 2.20. The fraction of sp³-hybridized carbons (Fsp3) is 0.471. The van der Waals surface area contributed by atoms with Gasteiger partial charge in [0.05, 0.1) is 19.9 Å². The predicted molar refractivity (Wildman–Crippen MR) is 83.7 cm³/mol. The number of aryl methyl sites for hydroxylation is 1. The molecule has 0 radical (unpaired) electrons. The van der Waals surface area contributed by atoms with Gasteiger partial charge in [-0.15, -0.1) is 0 Å². The maximum absolute atomic E-state index is 5.45. The number of hydrogen-bond acceptors (Lipinski definition) is 3. The smallest absolute Gasteiger partial charge is 0.123 e. The standard InChI is InChI=1S/C17H23N3O/c1-12-4-7-17(21-3)14(8-12)11-20-13(2)15(10-19-20)9-18-16-5-6-16/h4,7-8,10,16,18H,5-6,9,11H2,1-3H3. The Bertz CT molecular complexity index is 629. The number of nitrogens with zero attached hydrogens (tertiary/aromatic N) is 2. The Labute approximate surface area is 126 Å². The van der Waals surface area contributed by atoms with Crippen LogP contribution in [-0.2, 0) is 13.1 Å². The summed E-state index contributed by atoms with van der Waals surface area (Å²) < 4.78 is 7.51. The molecule has 0 bridgehead atoms. The molecule has 0 aliphatic heterocycles. The average molecular weight is 285 g/mol. The van der Waals surface area contributed by atoms with Gasteiger partial charge in [0.1, 0.15) is 5.75 Å². The lowest BCUT2D eigenvalue weighted by atomic mass is 10.1. The quantitative estimate of drug-likeness (QED) is 0.887. The van der Waals surface area contributed by atoms with E-state index in [0.29, 0.717) is 0 Å². The Hall–Kier alpha value is -1.81.